The molecule has 1 N–H and O–H groups in total. The van der Waals surface area contributed by atoms with Crippen molar-refractivity contribution in [1.29, 1.82) is 0 Å². The molecule has 1 radical (unpaired) electrons. The molecule has 5 nitrogen and oxygen atoms in total. The number of H-pyrrole nitrogens is 1. The number of hydrogen-bond donors (Lipinski definition) is 1. The van der Waals surface area contributed by atoms with Crippen LogP contribution in [0.25, 0.3) is 11.3 Å². The van der Waals surface area contributed by atoms with E-state index in [4.69, 9.17) is 0 Å². The van der Waals surface area contributed by atoms with E-state index in [0.717, 1.165) is 42.0 Å². The molecule has 1 saturated heterocycles. The number of likely N-dealkylation sites (tertiary alicyclic amines) is 1. The normalized spacial score (nSPS) is 17.1. The van der Waals surface area contributed by atoms with Gasteiger partial charge in [-0.2, -0.15) is 0 Å². The number of nitrogens with one attached hydrogen (secondary N) is 1. The summed E-state index contributed by atoms with van der Waals surface area (Å²) in [6, 6.07) is 7.96. The van der Waals surface area contributed by atoms with Crippen molar-refractivity contribution in [2.75, 3.05) is 6.54 Å². The fraction of sp³-hybridized carbons (Fsp3) is 0.429. The third-order valence-corrected chi connectivity index (χ3v) is 4.64. The fourth-order valence-corrected chi connectivity index (χ4v) is 3.44. The number of Topliss-reactive ketones (excluding diaryl/α,β-unsaturated/α-hetero) is 1. The highest BCUT2D eigenvalue weighted by Crippen LogP contribution is 2.32. The van der Waals surface area contributed by atoms with Crippen LogP contribution in [0.2, 0.25) is 0 Å². The van der Waals surface area contributed by atoms with E-state index in [2.05, 4.69) is 9.97 Å². The zero-order valence-electron chi connectivity index (χ0n) is 15.7. The number of imidazole rings is 1. The van der Waals surface area contributed by atoms with Gasteiger partial charge in [0.1, 0.15) is 11.6 Å². The van der Waals surface area contributed by atoms with Crippen LogP contribution in [-0.4, -0.2) is 33.1 Å². The topological polar surface area (TPSA) is 66.1 Å². The number of aromatic nitrogens is 2. The number of nitrogens with zero attached hydrogens (tertiary/aromatic N) is 2. The van der Waals surface area contributed by atoms with Crippen molar-refractivity contribution in [2.45, 2.75) is 46.1 Å². The predicted octanol–water partition coefficient (Wildman–Crippen LogP) is 3.73. The van der Waals surface area contributed by atoms with Crippen molar-refractivity contribution in [3.8, 4) is 11.3 Å². The monoisotopic (exact) mass is 352 g/mol. The highest BCUT2D eigenvalue weighted by molar-refractivity contribution is 5.85. The van der Waals surface area contributed by atoms with Gasteiger partial charge in [-0.05, 0) is 36.8 Å². The molecule has 137 valence electrons. The van der Waals surface area contributed by atoms with E-state index >= 15 is 0 Å². The number of benzene rings is 1. The second-order valence-electron chi connectivity index (χ2n) is 7.36. The van der Waals surface area contributed by atoms with E-state index in [0.29, 0.717) is 6.42 Å². The van der Waals surface area contributed by atoms with Crippen LogP contribution in [0.1, 0.15) is 51.0 Å². The van der Waals surface area contributed by atoms with E-state index in [9.17, 15) is 9.59 Å². The summed E-state index contributed by atoms with van der Waals surface area (Å²) in [6.07, 6.45) is 5.98. The van der Waals surface area contributed by atoms with Gasteiger partial charge in [0, 0.05) is 13.0 Å². The summed E-state index contributed by atoms with van der Waals surface area (Å²) in [5.74, 6) is 1.33. The van der Waals surface area contributed by atoms with Gasteiger partial charge in [-0.25, -0.2) is 4.98 Å². The van der Waals surface area contributed by atoms with Gasteiger partial charge in [-0.3, -0.25) is 9.59 Å². The third-order valence-electron chi connectivity index (χ3n) is 4.64. The molecule has 1 amide bonds. The van der Waals surface area contributed by atoms with Gasteiger partial charge in [-0.1, -0.05) is 38.1 Å². The maximum Gasteiger partial charge on any atom is 0.227 e. The van der Waals surface area contributed by atoms with Crippen LogP contribution in [0.5, 0.6) is 0 Å². The van der Waals surface area contributed by atoms with Gasteiger partial charge in [0.15, 0.2) is 0 Å². The first-order valence-electron chi connectivity index (χ1n) is 9.23. The summed E-state index contributed by atoms with van der Waals surface area (Å²) in [4.78, 5) is 33.5. The molecule has 2 heterocycles. The molecular weight excluding hydrogens is 326 g/mol. The zero-order chi connectivity index (χ0) is 18.7. The van der Waals surface area contributed by atoms with Crippen LogP contribution < -0.4 is 0 Å². The maximum atomic E-state index is 12.4. The summed E-state index contributed by atoms with van der Waals surface area (Å²) in [5.41, 5.74) is 2.97. The van der Waals surface area contributed by atoms with Crippen LogP contribution in [0.3, 0.4) is 0 Å². The lowest BCUT2D eigenvalue weighted by atomic mass is 10.1. The number of rotatable bonds is 6. The smallest absolute Gasteiger partial charge is 0.227 e. The van der Waals surface area contributed by atoms with Crippen LogP contribution in [0.4, 0.5) is 0 Å². The Kier molecular flexibility index (Phi) is 5.55. The largest absolute Gasteiger partial charge is 0.340 e. The van der Waals surface area contributed by atoms with Crippen molar-refractivity contribution in [3.63, 3.8) is 0 Å². The maximum absolute atomic E-state index is 12.4. The molecule has 5 heteroatoms. The Morgan fingerprint density at radius 3 is 2.69 bits per heavy atom. The Balaban J connectivity index is 1.74. The second-order valence-corrected chi connectivity index (χ2v) is 7.36. The van der Waals surface area contributed by atoms with Crippen LogP contribution >= 0.6 is 0 Å². The Morgan fingerprint density at radius 2 is 2.04 bits per heavy atom. The number of aromatic amines is 1. The van der Waals surface area contributed by atoms with Gasteiger partial charge in [-0.15, -0.1) is 0 Å². The summed E-state index contributed by atoms with van der Waals surface area (Å²) >= 11 is 0. The van der Waals surface area contributed by atoms with E-state index in [1.54, 1.807) is 13.3 Å². The summed E-state index contributed by atoms with van der Waals surface area (Å²) in [7, 11) is 0. The number of carbonyl (C=O) groups is 2. The molecule has 0 bridgehead atoms. The Bertz CT molecular complexity index is 777. The minimum Gasteiger partial charge on any atom is -0.340 e. The van der Waals surface area contributed by atoms with E-state index in [-0.39, 0.29) is 23.7 Å². The van der Waals surface area contributed by atoms with Crippen LogP contribution in [-0.2, 0) is 16.0 Å². The first kappa shape index (κ1) is 18.4. The molecule has 1 unspecified atom stereocenters. The van der Waals surface area contributed by atoms with Gasteiger partial charge in [0.25, 0.3) is 0 Å². The van der Waals surface area contributed by atoms with Gasteiger partial charge < -0.3 is 9.88 Å². The van der Waals surface area contributed by atoms with Crippen molar-refractivity contribution in [2.24, 2.45) is 5.92 Å². The van der Waals surface area contributed by atoms with Crippen molar-refractivity contribution < 1.29 is 9.59 Å². The lowest BCUT2D eigenvalue weighted by molar-refractivity contribution is -0.129. The molecule has 1 fully saturated rings. The molecule has 1 atom stereocenters. The second kappa shape index (κ2) is 7.85. The molecule has 0 aliphatic carbocycles. The predicted molar refractivity (Wildman–Crippen MR) is 101 cm³/mol. The third kappa shape index (κ3) is 4.21. The lowest BCUT2D eigenvalue weighted by Crippen LogP contribution is -2.32. The minimum absolute atomic E-state index is 0.0169. The molecular formula is C21H26N3O2. The number of carbonyl (C=O) groups excluding carboxylic acids is 2. The quantitative estimate of drug-likeness (QED) is 0.861. The van der Waals surface area contributed by atoms with E-state index in [1.807, 2.05) is 49.2 Å². The van der Waals surface area contributed by atoms with Gasteiger partial charge in [0.05, 0.1) is 24.4 Å². The van der Waals surface area contributed by atoms with Crippen molar-refractivity contribution >= 4 is 11.7 Å². The molecule has 1 aliphatic heterocycles. The molecule has 26 heavy (non-hydrogen) atoms. The molecule has 3 rings (SSSR count). The SMILES string of the molecule is CC(=O)Cc1ccc(-c2cnc(C3CCCN3C(=O)[CH]C(C)C)[nH]2)cc1. The minimum atomic E-state index is 0.0169. The Hall–Kier alpha value is -2.43. The zero-order valence-corrected chi connectivity index (χ0v) is 15.7. The molecule has 0 saturated carbocycles. The van der Waals surface area contributed by atoms with Gasteiger partial charge >= 0.3 is 0 Å². The lowest BCUT2D eigenvalue weighted by Gasteiger charge is -2.23. The highest BCUT2D eigenvalue weighted by Gasteiger charge is 2.32. The van der Waals surface area contributed by atoms with Crippen LogP contribution in [0.15, 0.2) is 30.5 Å². The average molecular weight is 352 g/mol. The number of hydrogen-bond acceptors (Lipinski definition) is 3. The number of amides is 1. The van der Waals surface area contributed by atoms with Crippen LogP contribution in [0, 0.1) is 12.3 Å². The van der Waals surface area contributed by atoms with Crippen molar-refractivity contribution in [1.82, 2.24) is 14.9 Å². The van der Waals surface area contributed by atoms with Gasteiger partial charge in [0.2, 0.25) is 5.91 Å². The summed E-state index contributed by atoms with van der Waals surface area (Å²) in [5, 5.41) is 0. The van der Waals surface area contributed by atoms with Crippen molar-refractivity contribution in [3.05, 3.63) is 48.3 Å². The first-order valence-corrected chi connectivity index (χ1v) is 9.23. The average Bonchev–Trinajstić information content (AvgIpc) is 3.23. The summed E-state index contributed by atoms with van der Waals surface area (Å²) in [6.45, 7) is 6.41. The summed E-state index contributed by atoms with van der Waals surface area (Å²) < 4.78 is 0. The molecule has 1 aliphatic rings. The van der Waals surface area contributed by atoms with E-state index < -0.39 is 0 Å². The molecule has 1 aromatic carbocycles. The fourth-order valence-electron chi connectivity index (χ4n) is 3.44. The molecule has 2 aromatic rings. The Morgan fingerprint density at radius 1 is 1.31 bits per heavy atom. The van der Waals surface area contributed by atoms with E-state index in [1.165, 1.54) is 0 Å². The highest BCUT2D eigenvalue weighted by atomic mass is 16.2. The molecule has 1 aromatic heterocycles. The number of ketones is 1. The first-order chi connectivity index (χ1) is 12.4. The molecule has 0 spiro atoms. The standard InChI is InChI=1S/C21H26N3O2/c1-14(2)11-20(26)24-10-4-5-19(24)21-22-13-18(23-21)17-8-6-16(7-9-17)12-15(3)25/h6-9,11,13-14,19H,4-5,10,12H2,1-3H3,(H,22,23). The Labute approximate surface area is 154 Å².